The Bertz CT molecular complexity index is 619. The predicted octanol–water partition coefficient (Wildman–Crippen LogP) is 2.44. The minimum Gasteiger partial charge on any atom is -0.461 e. The molecule has 0 N–H and O–H groups in total. The molecule has 0 bridgehead atoms. The molecule has 94 valence electrons. The Kier molecular flexibility index (Phi) is 2.70. The fourth-order valence-corrected chi connectivity index (χ4v) is 2.09. The first-order valence-corrected chi connectivity index (χ1v) is 6.30. The van der Waals surface area contributed by atoms with Crippen LogP contribution in [-0.4, -0.2) is 27.2 Å². The van der Waals surface area contributed by atoms with Crippen LogP contribution in [0.5, 0.6) is 0 Å². The second-order valence-corrected chi connectivity index (χ2v) is 4.69. The smallest absolute Gasteiger partial charge is 0.358 e. The quantitative estimate of drug-likeness (QED) is 0.632. The monoisotopic (exact) mass is 265 g/mol. The highest BCUT2D eigenvalue weighted by Gasteiger charge is 2.26. The molecule has 0 saturated heterocycles. The van der Waals surface area contributed by atoms with Crippen molar-refractivity contribution in [2.24, 2.45) is 0 Å². The first kappa shape index (κ1) is 11.5. The molecule has 0 amide bonds. The van der Waals surface area contributed by atoms with Gasteiger partial charge in [-0.3, -0.25) is 0 Å². The van der Waals surface area contributed by atoms with Gasteiger partial charge in [0.05, 0.1) is 6.61 Å². The van der Waals surface area contributed by atoms with Crippen molar-refractivity contribution in [2.45, 2.75) is 25.7 Å². The van der Waals surface area contributed by atoms with Crippen molar-refractivity contribution in [3.8, 4) is 0 Å². The van der Waals surface area contributed by atoms with E-state index in [-0.39, 0.29) is 5.69 Å². The lowest BCUT2D eigenvalue weighted by Gasteiger charge is -2.00. The van der Waals surface area contributed by atoms with E-state index in [1.54, 1.807) is 13.0 Å². The Morgan fingerprint density at radius 1 is 1.56 bits per heavy atom. The lowest BCUT2D eigenvalue weighted by atomic mass is 10.3. The number of rotatable bonds is 3. The van der Waals surface area contributed by atoms with E-state index in [4.69, 9.17) is 16.3 Å². The molecule has 0 aromatic carbocycles. The van der Waals surface area contributed by atoms with Gasteiger partial charge in [0, 0.05) is 17.7 Å². The SMILES string of the molecule is CCOC(=O)c1cc2nc(C3CC3)cc(Cl)n2n1. The van der Waals surface area contributed by atoms with Gasteiger partial charge in [0.25, 0.3) is 0 Å². The zero-order chi connectivity index (χ0) is 12.7. The molecular weight excluding hydrogens is 254 g/mol. The number of aromatic nitrogens is 3. The van der Waals surface area contributed by atoms with E-state index in [0.29, 0.717) is 23.3 Å². The van der Waals surface area contributed by atoms with Gasteiger partial charge in [0.15, 0.2) is 11.3 Å². The van der Waals surface area contributed by atoms with E-state index in [0.717, 1.165) is 18.5 Å². The fourth-order valence-electron chi connectivity index (χ4n) is 1.85. The number of carbonyl (C=O) groups is 1. The van der Waals surface area contributed by atoms with Crippen molar-refractivity contribution >= 4 is 23.2 Å². The molecule has 0 atom stereocenters. The second kappa shape index (κ2) is 4.24. The number of ether oxygens (including phenoxy) is 1. The van der Waals surface area contributed by atoms with Crippen LogP contribution in [0.3, 0.4) is 0 Å². The van der Waals surface area contributed by atoms with E-state index in [1.807, 2.05) is 6.07 Å². The number of esters is 1. The number of hydrogen-bond acceptors (Lipinski definition) is 4. The first-order valence-electron chi connectivity index (χ1n) is 5.92. The maximum absolute atomic E-state index is 11.6. The predicted molar refractivity (Wildman–Crippen MR) is 65.9 cm³/mol. The van der Waals surface area contributed by atoms with Crippen LogP contribution in [0.2, 0.25) is 5.15 Å². The number of fused-ring (bicyclic) bond motifs is 1. The Morgan fingerprint density at radius 3 is 3.00 bits per heavy atom. The summed E-state index contributed by atoms with van der Waals surface area (Å²) in [6.07, 6.45) is 2.30. The minimum atomic E-state index is -0.452. The van der Waals surface area contributed by atoms with Gasteiger partial charge in [-0.15, -0.1) is 0 Å². The number of hydrogen-bond donors (Lipinski definition) is 0. The molecule has 18 heavy (non-hydrogen) atoms. The highest BCUT2D eigenvalue weighted by atomic mass is 35.5. The third-order valence-corrected chi connectivity index (χ3v) is 3.15. The molecule has 1 saturated carbocycles. The molecule has 2 aromatic heterocycles. The van der Waals surface area contributed by atoms with Crippen LogP contribution in [0.25, 0.3) is 5.65 Å². The summed E-state index contributed by atoms with van der Waals surface area (Å²) >= 11 is 6.14. The summed E-state index contributed by atoms with van der Waals surface area (Å²) < 4.78 is 6.36. The lowest BCUT2D eigenvalue weighted by Crippen LogP contribution is -2.05. The number of nitrogens with zero attached hydrogens (tertiary/aromatic N) is 3. The summed E-state index contributed by atoms with van der Waals surface area (Å²) in [4.78, 5) is 16.1. The zero-order valence-corrected chi connectivity index (χ0v) is 10.6. The van der Waals surface area contributed by atoms with Gasteiger partial charge in [-0.25, -0.2) is 14.3 Å². The Hall–Kier alpha value is -1.62. The third kappa shape index (κ3) is 1.95. The first-order chi connectivity index (χ1) is 8.69. The molecule has 1 fully saturated rings. The van der Waals surface area contributed by atoms with Crippen LogP contribution in [-0.2, 0) is 4.74 Å². The van der Waals surface area contributed by atoms with Gasteiger partial charge >= 0.3 is 5.97 Å². The topological polar surface area (TPSA) is 56.5 Å². The molecular formula is C12H12ClN3O2. The van der Waals surface area contributed by atoms with Crippen LogP contribution in [0, 0.1) is 0 Å². The minimum absolute atomic E-state index is 0.235. The standard InChI is InChI=1S/C12H12ClN3O2/c1-2-18-12(17)9-6-11-14-8(7-3-4-7)5-10(13)16(11)15-9/h5-7H,2-4H2,1H3. The zero-order valence-electron chi connectivity index (χ0n) is 9.89. The summed E-state index contributed by atoms with van der Waals surface area (Å²) in [5, 5.41) is 4.57. The van der Waals surface area contributed by atoms with Gasteiger partial charge in [0.1, 0.15) is 5.15 Å². The van der Waals surface area contributed by atoms with Crippen molar-refractivity contribution in [3.63, 3.8) is 0 Å². The van der Waals surface area contributed by atoms with Crippen molar-refractivity contribution in [3.05, 3.63) is 28.7 Å². The average molecular weight is 266 g/mol. The normalized spacial score (nSPS) is 15.0. The van der Waals surface area contributed by atoms with Crippen molar-refractivity contribution in [1.82, 2.24) is 14.6 Å². The Labute approximate surface area is 109 Å². The molecule has 1 aliphatic carbocycles. The van der Waals surface area contributed by atoms with E-state index >= 15 is 0 Å². The summed E-state index contributed by atoms with van der Waals surface area (Å²) in [6, 6.07) is 3.42. The molecule has 3 rings (SSSR count). The number of halogens is 1. The molecule has 1 aliphatic rings. The van der Waals surface area contributed by atoms with E-state index in [1.165, 1.54) is 4.52 Å². The van der Waals surface area contributed by atoms with Crippen LogP contribution in [0.4, 0.5) is 0 Å². The highest BCUT2D eigenvalue weighted by Crippen LogP contribution is 2.39. The van der Waals surface area contributed by atoms with Crippen molar-refractivity contribution in [1.29, 1.82) is 0 Å². The van der Waals surface area contributed by atoms with E-state index in [2.05, 4.69) is 10.1 Å². The largest absolute Gasteiger partial charge is 0.461 e. The average Bonchev–Trinajstić information content (AvgIpc) is 3.09. The molecule has 2 heterocycles. The van der Waals surface area contributed by atoms with Gasteiger partial charge in [0.2, 0.25) is 0 Å². The maximum Gasteiger partial charge on any atom is 0.358 e. The van der Waals surface area contributed by atoms with Gasteiger partial charge in [-0.1, -0.05) is 11.6 Å². The molecule has 2 aromatic rings. The Balaban J connectivity index is 2.05. The summed E-state index contributed by atoms with van der Waals surface area (Å²) in [5.41, 5.74) is 1.80. The second-order valence-electron chi connectivity index (χ2n) is 4.30. The molecule has 0 spiro atoms. The van der Waals surface area contributed by atoms with E-state index in [9.17, 15) is 4.79 Å². The molecule has 0 unspecified atom stereocenters. The van der Waals surface area contributed by atoms with Crippen LogP contribution in [0.1, 0.15) is 41.9 Å². The fraction of sp³-hybridized carbons (Fsp3) is 0.417. The van der Waals surface area contributed by atoms with Crippen molar-refractivity contribution in [2.75, 3.05) is 6.61 Å². The summed E-state index contributed by atoms with van der Waals surface area (Å²) in [5.74, 6) is 0.0560. The summed E-state index contributed by atoms with van der Waals surface area (Å²) in [7, 11) is 0. The van der Waals surface area contributed by atoms with Crippen LogP contribution in [0.15, 0.2) is 12.1 Å². The molecule has 5 nitrogen and oxygen atoms in total. The number of carbonyl (C=O) groups excluding carboxylic acids is 1. The van der Waals surface area contributed by atoms with E-state index < -0.39 is 5.97 Å². The van der Waals surface area contributed by atoms with Gasteiger partial charge in [-0.2, -0.15) is 5.10 Å². The van der Waals surface area contributed by atoms with Crippen LogP contribution < -0.4 is 0 Å². The lowest BCUT2D eigenvalue weighted by molar-refractivity contribution is 0.0519. The van der Waals surface area contributed by atoms with Crippen LogP contribution >= 0.6 is 11.6 Å². The van der Waals surface area contributed by atoms with Crippen molar-refractivity contribution < 1.29 is 9.53 Å². The third-order valence-electron chi connectivity index (χ3n) is 2.88. The molecule has 0 aliphatic heterocycles. The molecule has 0 radical (unpaired) electrons. The van der Waals surface area contributed by atoms with Gasteiger partial charge in [-0.05, 0) is 25.8 Å². The highest BCUT2D eigenvalue weighted by molar-refractivity contribution is 6.29. The maximum atomic E-state index is 11.6. The van der Waals surface area contributed by atoms with Gasteiger partial charge < -0.3 is 4.74 Å². The molecule has 6 heteroatoms. The Morgan fingerprint density at radius 2 is 2.33 bits per heavy atom. The summed E-state index contributed by atoms with van der Waals surface area (Å²) in [6.45, 7) is 2.07.